The molecule has 19 heavy (non-hydrogen) atoms. The van der Waals surface area contributed by atoms with Crippen molar-refractivity contribution < 1.29 is 9.53 Å². The number of benzene rings is 1. The summed E-state index contributed by atoms with van der Waals surface area (Å²) >= 11 is 0. The number of ketones is 1. The molecular formula is C17H24O2. The highest BCUT2D eigenvalue weighted by atomic mass is 16.5. The number of hydrogen-bond donors (Lipinski definition) is 0. The summed E-state index contributed by atoms with van der Waals surface area (Å²) in [6.07, 6.45) is 5.14. The van der Waals surface area contributed by atoms with Crippen LogP contribution in [0.3, 0.4) is 0 Å². The van der Waals surface area contributed by atoms with Crippen LogP contribution in [-0.2, 0) is 4.74 Å². The molecule has 0 bridgehead atoms. The average Bonchev–Trinajstić information content (AvgIpc) is 2.39. The van der Waals surface area contributed by atoms with Gasteiger partial charge < -0.3 is 4.74 Å². The van der Waals surface area contributed by atoms with Gasteiger partial charge in [-0.1, -0.05) is 43.0 Å². The van der Waals surface area contributed by atoms with Crippen LogP contribution >= 0.6 is 0 Å². The second-order valence-corrected chi connectivity index (χ2v) is 5.64. The Kier molecular flexibility index (Phi) is 4.41. The molecule has 2 nitrogen and oxygen atoms in total. The number of ether oxygens (including phenoxy) is 1. The van der Waals surface area contributed by atoms with E-state index in [0.29, 0.717) is 6.61 Å². The van der Waals surface area contributed by atoms with Gasteiger partial charge in [-0.15, -0.1) is 0 Å². The van der Waals surface area contributed by atoms with Crippen molar-refractivity contribution in [3.63, 3.8) is 0 Å². The molecule has 0 heterocycles. The van der Waals surface area contributed by atoms with E-state index in [9.17, 15) is 4.79 Å². The van der Waals surface area contributed by atoms with Gasteiger partial charge in [0.2, 0.25) is 0 Å². The van der Waals surface area contributed by atoms with Gasteiger partial charge in [-0.05, 0) is 39.2 Å². The second kappa shape index (κ2) is 5.87. The number of carbonyl (C=O) groups is 1. The van der Waals surface area contributed by atoms with E-state index in [1.807, 2.05) is 26.0 Å². The molecule has 1 fully saturated rings. The molecule has 104 valence electrons. The molecule has 1 aliphatic rings. The van der Waals surface area contributed by atoms with Crippen LogP contribution in [-0.4, -0.2) is 18.0 Å². The molecule has 0 saturated heterocycles. The third-order valence-corrected chi connectivity index (χ3v) is 4.12. The zero-order valence-electron chi connectivity index (χ0n) is 12.3. The van der Waals surface area contributed by atoms with E-state index in [1.165, 1.54) is 12.0 Å². The highest BCUT2D eigenvalue weighted by molar-refractivity contribution is 6.03. The Morgan fingerprint density at radius 3 is 2.47 bits per heavy atom. The summed E-state index contributed by atoms with van der Waals surface area (Å²) in [6.45, 7) is 6.66. The van der Waals surface area contributed by atoms with Gasteiger partial charge in [0.25, 0.3) is 0 Å². The predicted molar refractivity (Wildman–Crippen MR) is 77.7 cm³/mol. The van der Waals surface area contributed by atoms with Crippen LogP contribution < -0.4 is 0 Å². The van der Waals surface area contributed by atoms with Crippen molar-refractivity contribution >= 4 is 5.78 Å². The fourth-order valence-electron chi connectivity index (χ4n) is 3.15. The standard InChI is InChI=1S/C17H24O2/c1-4-19-17(10-6-5-7-11-17)16(18)15-9-8-13(2)12-14(15)3/h8-9,12H,4-7,10-11H2,1-3H3. The summed E-state index contributed by atoms with van der Waals surface area (Å²) in [5, 5.41) is 0. The Morgan fingerprint density at radius 1 is 1.21 bits per heavy atom. The number of carbonyl (C=O) groups excluding carboxylic acids is 1. The van der Waals surface area contributed by atoms with Gasteiger partial charge in [-0.3, -0.25) is 4.79 Å². The van der Waals surface area contributed by atoms with Crippen molar-refractivity contribution in [2.45, 2.75) is 58.5 Å². The Labute approximate surface area is 116 Å². The lowest BCUT2D eigenvalue weighted by Gasteiger charge is -2.36. The first-order chi connectivity index (χ1) is 9.09. The first-order valence-corrected chi connectivity index (χ1v) is 7.35. The summed E-state index contributed by atoms with van der Waals surface area (Å²) in [5.41, 5.74) is 2.53. The van der Waals surface area contributed by atoms with Crippen molar-refractivity contribution in [2.75, 3.05) is 6.61 Å². The third kappa shape index (κ3) is 2.89. The quantitative estimate of drug-likeness (QED) is 0.757. The zero-order chi connectivity index (χ0) is 13.9. The Balaban J connectivity index is 2.33. The number of aryl methyl sites for hydroxylation is 2. The molecular weight excluding hydrogens is 236 g/mol. The average molecular weight is 260 g/mol. The lowest BCUT2D eigenvalue weighted by Crippen LogP contribution is -2.43. The van der Waals surface area contributed by atoms with Crippen LogP contribution in [0.25, 0.3) is 0 Å². The van der Waals surface area contributed by atoms with Crippen molar-refractivity contribution in [1.82, 2.24) is 0 Å². The first-order valence-electron chi connectivity index (χ1n) is 7.35. The molecule has 0 spiro atoms. The van der Waals surface area contributed by atoms with Gasteiger partial charge in [0, 0.05) is 12.2 Å². The Hall–Kier alpha value is -1.15. The van der Waals surface area contributed by atoms with Gasteiger partial charge >= 0.3 is 0 Å². The molecule has 2 rings (SSSR count). The van der Waals surface area contributed by atoms with E-state index in [-0.39, 0.29) is 5.78 Å². The molecule has 0 amide bonds. The maximum absolute atomic E-state index is 12.9. The monoisotopic (exact) mass is 260 g/mol. The van der Waals surface area contributed by atoms with Crippen molar-refractivity contribution in [3.05, 3.63) is 34.9 Å². The second-order valence-electron chi connectivity index (χ2n) is 5.64. The molecule has 0 atom stereocenters. The number of Topliss-reactive ketones (excluding diaryl/α,β-unsaturated/α-hetero) is 1. The molecule has 1 aromatic rings. The number of rotatable bonds is 4. The lowest BCUT2D eigenvalue weighted by molar-refractivity contribution is -0.0411. The molecule has 0 N–H and O–H groups in total. The van der Waals surface area contributed by atoms with Crippen LogP contribution in [0.5, 0.6) is 0 Å². The van der Waals surface area contributed by atoms with E-state index in [0.717, 1.165) is 36.8 Å². The smallest absolute Gasteiger partial charge is 0.194 e. The van der Waals surface area contributed by atoms with Crippen LogP contribution in [0.15, 0.2) is 18.2 Å². The maximum Gasteiger partial charge on any atom is 0.194 e. The van der Waals surface area contributed by atoms with Gasteiger partial charge in [-0.2, -0.15) is 0 Å². The Bertz CT molecular complexity index is 451. The molecule has 1 saturated carbocycles. The molecule has 0 radical (unpaired) electrons. The predicted octanol–water partition coefficient (Wildman–Crippen LogP) is 4.23. The van der Waals surface area contributed by atoms with E-state index < -0.39 is 5.60 Å². The van der Waals surface area contributed by atoms with Crippen LogP contribution in [0.4, 0.5) is 0 Å². The fraction of sp³-hybridized carbons (Fsp3) is 0.588. The normalized spacial score (nSPS) is 18.3. The van der Waals surface area contributed by atoms with Gasteiger partial charge in [0.1, 0.15) is 5.60 Å². The topological polar surface area (TPSA) is 26.3 Å². The highest BCUT2D eigenvalue weighted by Gasteiger charge is 2.40. The molecule has 2 heteroatoms. The summed E-state index contributed by atoms with van der Waals surface area (Å²) in [4.78, 5) is 12.9. The zero-order valence-corrected chi connectivity index (χ0v) is 12.3. The minimum Gasteiger partial charge on any atom is -0.367 e. The fourth-order valence-corrected chi connectivity index (χ4v) is 3.15. The first kappa shape index (κ1) is 14.3. The van der Waals surface area contributed by atoms with Crippen molar-refractivity contribution in [3.8, 4) is 0 Å². The minimum atomic E-state index is -0.562. The SMILES string of the molecule is CCOC1(C(=O)c2ccc(C)cc2C)CCCCC1. The van der Waals surface area contributed by atoms with Crippen LogP contribution in [0.1, 0.15) is 60.5 Å². The van der Waals surface area contributed by atoms with Crippen molar-refractivity contribution in [2.24, 2.45) is 0 Å². The molecule has 1 aromatic carbocycles. The summed E-state index contributed by atoms with van der Waals surface area (Å²) in [6, 6.07) is 6.06. The van der Waals surface area contributed by atoms with E-state index in [1.54, 1.807) is 0 Å². The minimum absolute atomic E-state index is 0.187. The molecule has 0 unspecified atom stereocenters. The van der Waals surface area contributed by atoms with Crippen molar-refractivity contribution in [1.29, 1.82) is 0 Å². The lowest BCUT2D eigenvalue weighted by atomic mass is 9.78. The highest BCUT2D eigenvalue weighted by Crippen LogP contribution is 2.35. The molecule has 1 aliphatic carbocycles. The van der Waals surface area contributed by atoms with E-state index in [4.69, 9.17) is 4.74 Å². The van der Waals surface area contributed by atoms with E-state index >= 15 is 0 Å². The third-order valence-electron chi connectivity index (χ3n) is 4.12. The molecule has 0 aliphatic heterocycles. The van der Waals surface area contributed by atoms with Gasteiger partial charge in [0.05, 0.1) is 0 Å². The number of hydrogen-bond acceptors (Lipinski definition) is 2. The summed E-state index contributed by atoms with van der Waals surface area (Å²) < 4.78 is 5.92. The van der Waals surface area contributed by atoms with Gasteiger partial charge in [0.15, 0.2) is 5.78 Å². The van der Waals surface area contributed by atoms with E-state index in [2.05, 4.69) is 13.0 Å². The summed E-state index contributed by atoms with van der Waals surface area (Å²) in [7, 11) is 0. The Morgan fingerprint density at radius 2 is 1.89 bits per heavy atom. The van der Waals surface area contributed by atoms with Crippen LogP contribution in [0.2, 0.25) is 0 Å². The maximum atomic E-state index is 12.9. The largest absolute Gasteiger partial charge is 0.367 e. The van der Waals surface area contributed by atoms with Crippen LogP contribution in [0, 0.1) is 13.8 Å². The molecule has 0 aromatic heterocycles. The van der Waals surface area contributed by atoms with Gasteiger partial charge in [-0.25, -0.2) is 0 Å². The summed E-state index contributed by atoms with van der Waals surface area (Å²) in [5.74, 6) is 0.187.